The van der Waals surface area contributed by atoms with Crippen LogP contribution in [0.15, 0.2) is 6.07 Å². The van der Waals surface area contributed by atoms with Crippen LogP contribution in [0.5, 0.6) is 0 Å². The summed E-state index contributed by atoms with van der Waals surface area (Å²) in [5.74, 6) is 0.762. The molecule has 5 nitrogen and oxygen atoms in total. The third-order valence-electron chi connectivity index (χ3n) is 2.06. The predicted molar refractivity (Wildman–Crippen MR) is 66.9 cm³/mol. The average molecular weight is 237 g/mol. The normalized spacial score (nSPS) is 10.7. The summed E-state index contributed by atoms with van der Waals surface area (Å²) in [6.45, 7) is 6.26. The number of nitrogens with one attached hydrogen (secondary N) is 2. The fraction of sp³-hybridized carbons (Fsp3) is 0.500. The fourth-order valence-corrected chi connectivity index (χ4v) is 1.30. The van der Waals surface area contributed by atoms with Crippen molar-refractivity contribution in [3.8, 4) is 6.19 Å². The number of rotatable bonds is 1. The van der Waals surface area contributed by atoms with Gasteiger partial charge in [-0.15, -0.1) is 0 Å². The van der Waals surface area contributed by atoms with Crippen LogP contribution in [-0.4, -0.2) is 14.9 Å². The number of nitriles is 1. The van der Waals surface area contributed by atoms with Crippen molar-refractivity contribution in [2.45, 2.75) is 26.2 Å². The van der Waals surface area contributed by atoms with Gasteiger partial charge in [0.2, 0.25) is 0 Å². The standard InChI is InChI=1S/C10H15N5S/c1-10(2,3)7-5-8(15(4)14-7)13-9(16)12-6-11/h5H,1-4H3,(H2,12,13,16). The third kappa shape index (κ3) is 2.94. The van der Waals surface area contributed by atoms with E-state index in [1.165, 1.54) is 0 Å². The summed E-state index contributed by atoms with van der Waals surface area (Å²) in [6.07, 6.45) is 1.76. The van der Waals surface area contributed by atoms with Gasteiger partial charge >= 0.3 is 0 Å². The molecule has 6 heteroatoms. The zero-order valence-electron chi connectivity index (χ0n) is 9.83. The Hall–Kier alpha value is -1.61. The van der Waals surface area contributed by atoms with Crippen LogP contribution in [0.3, 0.4) is 0 Å². The van der Waals surface area contributed by atoms with Crippen molar-refractivity contribution in [1.29, 1.82) is 5.26 Å². The van der Waals surface area contributed by atoms with Gasteiger partial charge in [0.25, 0.3) is 0 Å². The lowest BCUT2D eigenvalue weighted by Gasteiger charge is -2.13. The van der Waals surface area contributed by atoms with Crippen molar-refractivity contribution in [3.05, 3.63) is 11.8 Å². The molecule has 0 unspecified atom stereocenters. The highest BCUT2D eigenvalue weighted by Crippen LogP contribution is 2.23. The molecule has 0 aliphatic heterocycles. The summed E-state index contributed by atoms with van der Waals surface area (Å²) in [5.41, 5.74) is 0.958. The van der Waals surface area contributed by atoms with Gasteiger partial charge in [0.05, 0.1) is 5.69 Å². The van der Waals surface area contributed by atoms with Gasteiger partial charge in [-0.2, -0.15) is 10.4 Å². The molecular formula is C10H15N5S. The molecule has 0 atom stereocenters. The van der Waals surface area contributed by atoms with Crippen LogP contribution in [0.25, 0.3) is 0 Å². The minimum atomic E-state index is -0.0119. The lowest BCUT2D eigenvalue weighted by Crippen LogP contribution is -2.24. The number of hydrogen-bond acceptors (Lipinski definition) is 3. The number of anilines is 1. The number of hydrogen-bond donors (Lipinski definition) is 2. The van der Waals surface area contributed by atoms with Gasteiger partial charge in [0.1, 0.15) is 5.82 Å². The van der Waals surface area contributed by atoms with Gasteiger partial charge in [-0.3, -0.25) is 10.00 Å². The largest absolute Gasteiger partial charge is 0.317 e. The topological polar surface area (TPSA) is 65.7 Å². The Bertz CT molecular complexity index is 435. The molecule has 0 bridgehead atoms. The van der Waals surface area contributed by atoms with Crippen LogP contribution in [-0.2, 0) is 12.5 Å². The fourth-order valence-electron chi connectivity index (χ4n) is 1.15. The van der Waals surface area contributed by atoms with E-state index < -0.39 is 0 Å². The molecule has 0 saturated carbocycles. The van der Waals surface area contributed by atoms with E-state index in [1.54, 1.807) is 10.9 Å². The zero-order chi connectivity index (χ0) is 12.3. The maximum absolute atomic E-state index is 8.41. The second-order valence-corrected chi connectivity index (χ2v) is 4.89. The second-order valence-electron chi connectivity index (χ2n) is 4.48. The van der Waals surface area contributed by atoms with E-state index in [2.05, 4.69) is 36.5 Å². The Morgan fingerprint density at radius 2 is 2.19 bits per heavy atom. The van der Waals surface area contributed by atoms with E-state index in [-0.39, 0.29) is 10.5 Å². The van der Waals surface area contributed by atoms with Crippen molar-refractivity contribution < 1.29 is 0 Å². The van der Waals surface area contributed by atoms with Crippen LogP contribution in [0.1, 0.15) is 26.5 Å². The van der Waals surface area contributed by atoms with Crippen molar-refractivity contribution in [1.82, 2.24) is 15.1 Å². The molecule has 1 aromatic rings. The van der Waals surface area contributed by atoms with Crippen LogP contribution < -0.4 is 10.6 Å². The van der Waals surface area contributed by atoms with E-state index in [4.69, 9.17) is 17.5 Å². The molecule has 16 heavy (non-hydrogen) atoms. The van der Waals surface area contributed by atoms with E-state index in [9.17, 15) is 0 Å². The highest BCUT2D eigenvalue weighted by atomic mass is 32.1. The van der Waals surface area contributed by atoms with Crippen LogP contribution in [0, 0.1) is 11.5 Å². The lowest BCUT2D eigenvalue weighted by atomic mass is 9.92. The summed E-state index contributed by atoms with van der Waals surface area (Å²) in [5, 5.41) is 18.3. The number of nitrogens with zero attached hydrogens (tertiary/aromatic N) is 3. The maximum Gasteiger partial charge on any atom is 0.185 e. The molecule has 2 N–H and O–H groups in total. The Labute approximate surface area is 100 Å². The Morgan fingerprint density at radius 1 is 1.56 bits per heavy atom. The molecule has 0 spiro atoms. The van der Waals surface area contributed by atoms with E-state index >= 15 is 0 Å². The summed E-state index contributed by atoms with van der Waals surface area (Å²) < 4.78 is 1.70. The van der Waals surface area contributed by atoms with Crippen molar-refractivity contribution in [3.63, 3.8) is 0 Å². The summed E-state index contributed by atoms with van der Waals surface area (Å²) >= 11 is 4.91. The molecule has 0 amide bonds. The molecule has 86 valence electrons. The number of aryl methyl sites for hydroxylation is 1. The second kappa shape index (κ2) is 4.49. The van der Waals surface area contributed by atoms with Crippen LogP contribution >= 0.6 is 12.2 Å². The maximum atomic E-state index is 8.41. The molecule has 0 fully saturated rings. The van der Waals surface area contributed by atoms with Crippen molar-refractivity contribution in [2.75, 3.05) is 5.32 Å². The predicted octanol–water partition coefficient (Wildman–Crippen LogP) is 1.49. The number of thiocarbonyl (C=S) groups is 1. The third-order valence-corrected chi connectivity index (χ3v) is 2.26. The Kier molecular flexibility index (Phi) is 3.50. The molecule has 0 aliphatic carbocycles. The smallest absolute Gasteiger partial charge is 0.185 e. The van der Waals surface area contributed by atoms with Gasteiger partial charge in [-0.1, -0.05) is 20.8 Å². The molecule has 1 rings (SSSR count). The van der Waals surface area contributed by atoms with Crippen molar-refractivity contribution in [2.24, 2.45) is 7.05 Å². The quantitative estimate of drug-likeness (QED) is 0.440. The highest BCUT2D eigenvalue weighted by Gasteiger charge is 2.19. The van der Waals surface area contributed by atoms with E-state index in [0.29, 0.717) is 0 Å². The molecule has 1 aromatic heterocycles. The molecule has 1 heterocycles. The van der Waals surface area contributed by atoms with Crippen molar-refractivity contribution >= 4 is 23.1 Å². The SMILES string of the molecule is Cn1nc(C(C)(C)C)cc1NC(=S)NC#N. The minimum absolute atomic E-state index is 0.0119. The first-order valence-corrected chi connectivity index (χ1v) is 5.26. The minimum Gasteiger partial charge on any atom is -0.317 e. The van der Waals surface area contributed by atoms with Crippen LogP contribution in [0.2, 0.25) is 0 Å². The zero-order valence-corrected chi connectivity index (χ0v) is 10.6. The van der Waals surface area contributed by atoms with E-state index in [0.717, 1.165) is 11.5 Å². The Morgan fingerprint density at radius 3 is 2.62 bits per heavy atom. The monoisotopic (exact) mass is 237 g/mol. The molecule has 0 aromatic carbocycles. The molecule has 0 saturated heterocycles. The molecular weight excluding hydrogens is 222 g/mol. The first-order valence-electron chi connectivity index (χ1n) is 4.85. The summed E-state index contributed by atoms with van der Waals surface area (Å²) in [7, 11) is 1.83. The number of aromatic nitrogens is 2. The van der Waals surface area contributed by atoms with Gasteiger partial charge in [-0.05, 0) is 12.2 Å². The average Bonchev–Trinajstić information content (AvgIpc) is 2.47. The van der Waals surface area contributed by atoms with E-state index in [1.807, 2.05) is 13.1 Å². The molecule has 0 radical (unpaired) electrons. The van der Waals surface area contributed by atoms with Crippen LogP contribution in [0.4, 0.5) is 5.82 Å². The summed E-state index contributed by atoms with van der Waals surface area (Å²) in [6, 6.07) is 1.92. The van der Waals surface area contributed by atoms with Gasteiger partial charge in [0.15, 0.2) is 11.3 Å². The molecule has 0 aliphatic rings. The van der Waals surface area contributed by atoms with Gasteiger partial charge in [-0.25, -0.2) is 0 Å². The summed E-state index contributed by atoms with van der Waals surface area (Å²) in [4.78, 5) is 0. The highest BCUT2D eigenvalue weighted by molar-refractivity contribution is 7.80. The lowest BCUT2D eigenvalue weighted by molar-refractivity contribution is 0.553. The first-order chi connectivity index (χ1) is 7.34. The Balaban J connectivity index is 2.87. The van der Waals surface area contributed by atoms with Gasteiger partial charge in [0, 0.05) is 18.5 Å². The van der Waals surface area contributed by atoms with Gasteiger partial charge < -0.3 is 5.32 Å². The first kappa shape index (κ1) is 12.5.